The van der Waals surface area contributed by atoms with Crippen LogP contribution in [0.2, 0.25) is 0 Å². The van der Waals surface area contributed by atoms with Gasteiger partial charge in [-0.3, -0.25) is 33.6 Å². The summed E-state index contributed by atoms with van der Waals surface area (Å²) >= 11 is 0. The highest BCUT2D eigenvalue weighted by Gasteiger charge is 2.40. The van der Waals surface area contributed by atoms with Crippen LogP contribution in [-0.4, -0.2) is 133 Å². The van der Waals surface area contributed by atoms with Crippen molar-refractivity contribution in [1.82, 2.24) is 30.7 Å². The van der Waals surface area contributed by atoms with Crippen LogP contribution in [0.3, 0.4) is 0 Å². The van der Waals surface area contributed by atoms with Gasteiger partial charge >= 0.3 is 5.97 Å². The number of fused-ring (bicyclic) bond motifs is 2. The lowest BCUT2D eigenvalue weighted by Crippen LogP contribution is -2.62. The second-order valence-electron chi connectivity index (χ2n) is 14.7. The number of carboxylic acid groups (broad SMARTS) is 1. The van der Waals surface area contributed by atoms with Crippen molar-refractivity contribution in [3.05, 3.63) is 83.4 Å². The third kappa shape index (κ3) is 10.3. The van der Waals surface area contributed by atoms with Gasteiger partial charge in [0.1, 0.15) is 47.8 Å². The predicted octanol–water partition coefficient (Wildman–Crippen LogP) is 1.30. The van der Waals surface area contributed by atoms with E-state index in [2.05, 4.69) is 16.0 Å². The Morgan fingerprint density at radius 2 is 1.31 bits per heavy atom. The summed E-state index contributed by atoms with van der Waals surface area (Å²) in [4.78, 5) is 101. The Morgan fingerprint density at radius 1 is 0.695 bits per heavy atom. The van der Waals surface area contributed by atoms with E-state index in [9.17, 15) is 38.7 Å². The van der Waals surface area contributed by atoms with Gasteiger partial charge in [0.2, 0.25) is 35.4 Å². The standard InChI is InChI=1S/C42H50N6O11/c1-23-37(51)45-30(22-36(49)50)41(55)46(3)31(18-25-8-13-28(57-6)14-9-25)39(53)44-24(2)40(54)48(5)33-19-26-10-15-29(16-11-26)59-35-21-27(12-17-34(35)58-7)20-32(38(52)43-23)47(4)42(33)56/h8-17,21,23-24,30-33H,18-20,22H2,1-7H3,(H,43,52)(H,44,53)(H,45,51)(H,49,50)/t23-,24+,30+,31+,32+,33+/m1/s1. The molecule has 17 heteroatoms. The van der Waals surface area contributed by atoms with E-state index < -0.39 is 84.1 Å². The second-order valence-corrected chi connectivity index (χ2v) is 14.7. The highest BCUT2D eigenvalue weighted by molar-refractivity contribution is 5.99. The molecule has 0 unspecified atom stereocenters. The summed E-state index contributed by atoms with van der Waals surface area (Å²) in [7, 11) is 7.12. The van der Waals surface area contributed by atoms with Crippen LogP contribution in [0.25, 0.3) is 0 Å². The third-order valence-corrected chi connectivity index (χ3v) is 10.6. The highest BCUT2D eigenvalue weighted by atomic mass is 16.5. The molecule has 3 aromatic rings. The Bertz CT molecular complexity index is 2080. The summed E-state index contributed by atoms with van der Waals surface area (Å²) in [5, 5.41) is 17.5. The van der Waals surface area contributed by atoms with E-state index in [1.54, 1.807) is 66.7 Å². The molecule has 0 saturated carbocycles. The number of carbonyl (C=O) groups is 7. The average Bonchev–Trinajstić information content (AvgIpc) is 3.21. The van der Waals surface area contributed by atoms with Gasteiger partial charge in [0, 0.05) is 40.4 Å². The number of ether oxygens (including phenoxy) is 3. The van der Waals surface area contributed by atoms with Crippen LogP contribution in [0.4, 0.5) is 0 Å². The van der Waals surface area contributed by atoms with E-state index in [0.717, 1.165) is 4.90 Å². The minimum atomic E-state index is -1.66. The summed E-state index contributed by atoms with van der Waals surface area (Å²) < 4.78 is 16.9. The van der Waals surface area contributed by atoms with E-state index in [-0.39, 0.29) is 19.3 Å². The van der Waals surface area contributed by atoms with Gasteiger partial charge < -0.3 is 50.0 Å². The van der Waals surface area contributed by atoms with Gasteiger partial charge in [-0.15, -0.1) is 0 Å². The Labute approximate surface area is 341 Å². The summed E-state index contributed by atoms with van der Waals surface area (Å²) in [5.74, 6) is -4.18. The maximum atomic E-state index is 14.7. The van der Waals surface area contributed by atoms with Crippen LogP contribution < -0.4 is 30.2 Å². The number of rotatable bonds is 6. The molecule has 6 bridgehead atoms. The third-order valence-electron chi connectivity index (χ3n) is 10.6. The number of nitrogens with one attached hydrogen (secondary N) is 3. The number of carboxylic acids is 1. The fourth-order valence-corrected chi connectivity index (χ4v) is 7.05. The Morgan fingerprint density at radius 3 is 1.93 bits per heavy atom. The van der Waals surface area contributed by atoms with Gasteiger partial charge in [-0.25, -0.2) is 0 Å². The van der Waals surface area contributed by atoms with Crippen molar-refractivity contribution < 1.29 is 52.9 Å². The maximum absolute atomic E-state index is 14.7. The molecule has 3 aromatic carbocycles. The summed E-state index contributed by atoms with van der Waals surface area (Å²) in [6.45, 7) is 2.79. The number of aliphatic carboxylic acids is 1. The molecule has 0 spiro atoms. The average molecular weight is 815 g/mol. The van der Waals surface area contributed by atoms with Crippen molar-refractivity contribution in [2.45, 2.75) is 75.8 Å². The van der Waals surface area contributed by atoms with Crippen LogP contribution >= 0.6 is 0 Å². The molecule has 1 fully saturated rings. The minimum absolute atomic E-state index is 0.0103. The molecule has 4 N–H and O–H groups in total. The number of benzene rings is 3. The highest BCUT2D eigenvalue weighted by Crippen LogP contribution is 2.34. The molecule has 6 amide bonds. The van der Waals surface area contributed by atoms with Gasteiger partial charge in [-0.05, 0) is 66.9 Å². The first-order valence-corrected chi connectivity index (χ1v) is 19.0. The second kappa shape index (κ2) is 18.7. The maximum Gasteiger partial charge on any atom is 0.305 e. The molecule has 314 valence electrons. The fourth-order valence-electron chi connectivity index (χ4n) is 7.05. The van der Waals surface area contributed by atoms with E-state index in [4.69, 9.17) is 14.2 Å². The van der Waals surface area contributed by atoms with Crippen molar-refractivity contribution >= 4 is 41.4 Å². The molecule has 1 saturated heterocycles. The lowest BCUT2D eigenvalue weighted by atomic mass is 9.98. The van der Waals surface area contributed by atoms with Crippen LogP contribution in [0.5, 0.6) is 23.0 Å². The van der Waals surface area contributed by atoms with Crippen molar-refractivity contribution in [2.24, 2.45) is 0 Å². The smallest absolute Gasteiger partial charge is 0.305 e. The van der Waals surface area contributed by atoms with Gasteiger partial charge in [0.05, 0.1) is 20.6 Å². The van der Waals surface area contributed by atoms with Gasteiger partial charge in [0.15, 0.2) is 11.5 Å². The minimum Gasteiger partial charge on any atom is -0.497 e. The monoisotopic (exact) mass is 814 g/mol. The summed E-state index contributed by atoms with van der Waals surface area (Å²) in [5.41, 5.74) is 1.82. The van der Waals surface area contributed by atoms with Gasteiger partial charge in [-0.2, -0.15) is 0 Å². The SMILES string of the molecule is COc1ccc(C[C@H]2C(=O)N[C@@H](C)C(=O)N(C)[C@H]3Cc4ccc(cc4)Oc4cc(ccc4OC)C[C@@H](C(=O)N[C@H](C)C(=O)N[C@@H](CC(=O)O)C(=O)N2C)N(C)C3=O)cc1. The topological polar surface area (TPSA) is 213 Å². The van der Waals surface area contributed by atoms with Crippen molar-refractivity contribution in [2.75, 3.05) is 35.4 Å². The Balaban J connectivity index is 1.61. The number of likely N-dealkylation sites (N-methyl/N-ethyl adjacent to an activating group) is 3. The number of hydrogen-bond acceptors (Lipinski definition) is 10. The molecular weight excluding hydrogens is 764 g/mol. The van der Waals surface area contributed by atoms with Crippen LogP contribution in [-0.2, 0) is 52.8 Å². The molecule has 0 aliphatic carbocycles. The molecule has 6 atom stereocenters. The van der Waals surface area contributed by atoms with E-state index >= 15 is 0 Å². The first kappa shape index (κ1) is 43.5. The zero-order valence-electron chi connectivity index (χ0n) is 34.0. The summed E-state index contributed by atoms with van der Waals surface area (Å²) in [6, 6.07) is 10.7. The van der Waals surface area contributed by atoms with Crippen LogP contribution in [0, 0.1) is 0 Å². The molecule has 3 heterocycles. The van der Waals surface area contributed by atoms with Crippen LogP contribution in [0.1, 0.15) is 37.0 Å². The lowest BCUT2D eigenvalue weighted by molar-refractivity contribution is -0.150. The predicted molar refractivity (Wildman–Crippen MR) is 213 cm³/mol. The zero-order valence-corrected chi connectivity index (χ0v) is 34.0. The molecular formula is C42H50N6O11. The molecule has 17 nitrogen and oxygen atoms in total. The summed E-state index contributed by atoms with van der Waals surface area (Å²) in [6.07, 6.45) is -0.983. The van der Waals surface area contributed by atoms with E-state index in [0.29, 0.717) is 39.7 Å². The Hall–Kier alpha value is -6.65. The fraction of sp³-hybridized carbons (Fsp3) is 0.405. The first-order chi connectivity index (χ1) is 28.0. The van der Waals surface area contributed by atoms with Gasteiger partial charge in [-0.1, -0.05) is 30.3 Å². The largest absolute Gasteiger partial charge is 0.497 e. The number of hydrogen-bond donors (Lipinski definition) is 4. The van der Waals surface area contributed by atoms with Crippen LogP contribution in [0.15, 0.2) is 66.7 Å². The number of amides is 6. The zero-order chi connectivity index (χ0) is 43.1. The molecule has 3 aliphatic heterocycles. The number of methoxy groups -OCH3 is 2. The van der Waals surface area contributed by atoms with E-state index in [1.807, 2.05) is 0 Å². The first-order valence-electron chi connectivity index (χ1n) is 19.0. The van der Waals surface area contributed by atoms with Crippen molar-refractivity contribution in [3.8, 4) is 23.0 Å². The molecule has 59 heavy (non-hydrogen) atoms. The van der Waals surface area contributed by atoms with Crippen molar-refractivity contribution in [1.29, 1.82) is 0 Å². The normalized spacial score (nSPS) is 23.6. The molecule has 3 aliphatic rings. The van der Waals surface area contributed by atoms with Crippen molar-refractivity contribution in [3.63, 3.8) is 0 Å². The lowest BCUT2D eigenvalue weighted by Gasteiger charge is -2.37. The quantitative estimate of drug-likeness (QED) is 0.279. The van der Waals surface area contributed by atoms with E-state index in [1.165, 1.54) is 59.0 Å². The molecule has 0 radical (unpaired) electrons. The molecule has 0 aromatic heterocycles. The van der Waals surface area contributed by atoms with Gasteiger partial charge in [0.25, 0.3) is 0 Å². The number of nitrogens with zero attached hydrogens (tertiary/aromatic N) is 3. The Kier molecular flexibility index (Phi) is 13.8. The molecule has 6 rings (SSSR count). The number of carbonyl (C=O) groups excluding carboxylic acids is 6.